The number of anilines is 1. The molecule has 210 valence electrons. The predicted molar refractivity (Wildman–Crippen MR) is 146 cm³/mol. The number of halogens is 4. The zero-order valence-electron chi connectivity index (χ0n) is 22.5. The summed E-state index contributed by atoms with van der Waals surface area (Å²) in [5.41, 5.74) is -2.40. The fourth-order valence-corrected chi connectivity index (χ4v) is 6.21. The van der Waals surface area contributed by atoms with Gasteiger partial charge in [-0.1, -0.05) is 24.3 Å². The summed E-state index contributed by atoms with van der Waals surface area (Å²) in [5.74, 6) is 0. The van der Waals surface area contributed by atoms with E-state index in [4.69, 9.17) is 0 Å². The van der Waals surface area contributed by atoms with E-state index < -0.39 is 28.7 Å². The fourth-order valence-electron chi connectivity index (χ4n) is 5.49. The van der Waals surface area contributed by atoms with E-state index in [2.05, 4.69) is 15.6 Å². The number of pyridine rings is 1. The molecule has 0 spiro atoms. The molecule has 5 nitrogen and oxygen atoms in total. The summed E-state index contributed by atoms with van der Waals surface area (Å²) >= 11 is 0.939. The maximum Gasteiger partial charge on any atom is 0.411 e. The summed E-state index contributed by atoms with van der Waals surface area (Å²) in [7, 11) is 0. The van der Waals surface area contributed by atoms with E-state index in [0.29, 0.717) is 17.1 Å². The first-order chi connectivity index (χ1) is 18.3. The van der Waals surface area contributed by atoms with Crippen molar-refractivity contribution >= 4 is 23.1 Å². The van der Waals surface area contributed by atoms with Crippen LogP contribution in [-0.4, -0.2) is 40.7 Å². The molecule has 3 aromatic rings. The van der Waals surface area contributed by atoms with Gasteiger partial charge in [-0.05, 0) is 89.4 Å². The van der Waals surface area contributed by atoms with Gasteiger partial charge in [-0.2, -0.15) is 17.6 Å². The van der Waals surface area contributed by atoms with Crippen molar-refractivity contribution in [1.29, 1.82) is 0 Å². The minimum Gasteiger partial charge on any atom is -0.323 e. The summed E-state index contributed by atoms with van der Waals surface area (Å²) in [6.07, 6.45) is -2.41. The molecule has 1 fully saturated rings. The van der Waals surface area contributed by atoms with Crippen molar-refractivity contribution in [3.05, 3.63) is 82.1 Å². The first-order valence-corrected chi connectivity index (χ1v) is 13.7. The van der Waals surface area contributed by atoms with Crippen LogP contribution in [0.25, 0.3) is 0 Å². The highest BCUT2D eigenvalue weighted by Gasteiger charge is 2.66. The Balaban J connectivity index is 1.69. The van der Waals surface area contributed by atoms with Crippen LogP contribution in [-0.2, 0) is 12.0 Å². The zero-order valence-corrected chi connectivity index (χ0v) is 23.3. The van der Waals surface area contributed by atoms with Crippen LogP contribution in [0.3, 0.4) is 0 Å². The van der Waals surface area contributed by atoms with Crippen LogP contribution in [0.4, 0.5) is 28.0 Å². The molecule has 0 radical (unpaired) electrons. The number of carbonyl (C=O) groups excluding carboxylic acids is 1. The molecule has 2 atom stereocenters. The minimum atomic E-state index is -4.76. The van der Waals surface area contributed by atoms with E-state index in [9.17, 15) is 9.18 Å². The highest BCUT2D eigenvalue weighted by atomic mass is 32.1. The van der Waals surface area contributed by atoms with Gasteiger partial charge in [0.1, 0.15) is 5.54 Å². The first-order valence-electron chi connectivity index (χ1n) is 12.9. The number of alkyl halides is 3. The van der Waals surface area contributed by atoms with E-state index in [0.717, 1.165) is 29.5 Å². The van der Waals surface area contributed by atoms with Crippen molar-refractivity contribution in [2.24, 2.45) is 5.41 Å². The number of hydrogen-bond acceptors (Lipinski definition) is 4. The number of aromatic nitrogens is 1. The van der Waals surface area contributed by atoms with Crippen LogP contribution < -0.4 is 10.6 Å². The second kappa shape index (κ2) is 10.9. The van der Waals surface area contributed by atoms with Gasteiger partial charge in [-0.15, -0.1) is 11.3 Å². The Labute approximate surface area is 230 Å². The molecule has 39 heavy (non-hydrogen) atoms. The lowest BCUT2D eigenvalue weighted by Crippen LogP contribution is -2.68. The maximum atomic E-state index is 15.1. The number of aryl methyl sites for hydroxylation is 2. The quantitative estimate of drug-likeness (QED) is 0.284. The van der Waals surface area contributed by atoms with Gasteiger partial charge >= 0.3 is 12.2 Å². The van der Waals surface area contributed by atoms with Gasteiger partial charge in [0.25, 0.3) is 0 Å². The van der Waals surface area contributed by atoms with E-state index >= 15 is 13.2 Å². The van der Waals surface area contributed by atoms with Crippen LogP contribution in [0.15, 0.2) is 60.8 Å². The van der Waals surface area contributed by atoms with Gasteiger partial charge in [-0.3, -0.25) is 9.88 Å². The lowest BCUT2D eigenvalue weighted by Gasteiger charge is -2.49. The normalized spacial score (nSPS) is 20.0. The number of para-hydroxylation sites is 1. The van der Waals surface area contributed by atoms with E-state index in [1.165, 1.54) is 6.07 Å². The number of nitrogens with zero attached hydrogens (tertiary/aromatic N) is 2. The number of amides is 2. The third-order valence-electron chi connectivity index (χ3n) is 8.26. The van der Waals surface area contributed by atoms with Gasteiger partial charge in [0.15, 0.2) is 5.13 Å². The number of rotatable bonds is 8. The summed E-state index contributed by atoms with van der Waals surface area (Å²) in [5, 5.41) is 4.51. The number of likely N-dealkylation sites (tertiary alicyclic amines) is 1. The second-order valence-corrected chi connectivity index (χ2v) is 12.1. The molecule has 2 N–H and O–H groups in total. The van der Waals surface area contributed by atoms with Crippen LogP contribution in [0, 0.1) is 17.5 Å². The molecular weight excluding hydrogens is 528 g/mol. The number of thiophene rings is 1. The summed E-state index contributed by atoms with van der Waals surface area (Å²) in [6.45, 7) is 7.40. The van der Waals surface area contributed by atoms with Gasteiger partial charge < -0.3 is 10.6 Å². The summed E-state index contributed by atoms with van der Waals surface area (Å²) in [6, 6.07) is 14.2. The molecule has 2 unspecified atom stereocenters. The summed E-state index contributed by atoms with van der Waals surface area (Å²) < 4.78 is 59.0. The lowest BCUT2D eigenvalue weighted by molar-refractivity contribution is -0.223. The number of nitrogens with one attached hydrogen (secondary N) is 2. The zero-order chi connectivity index (χ0) is 28.5. The molecule has 4 rings (SSSR count). The predicted octanol–water partition coefficient (Wildman–Crippen LogP) is 7.29. The molecule has 1 saturated heterocycles. The molecule has 0 bridgehead atoms. The van der Waals surface area contributed by atoms with Crippen molar-refractivity contribution < 1.29 is 22.4 Å². The topological polar surface area (TPSA) is 57.3 Å². The van der Waals surface area contributed by atoms with Gasteiger partial charge in [0.05, 0.1) is 0 Å². The molecule has 2 aromatic heterocycles. The average Bonchev–Trinajstić information content (AvgIpc) is 3.50. The molecule has 2 amide bonds. The molecule has 0 aliphatic carbocycles. The monoisotopic (exact) mass is 562 g/mol. The van der Waals surface area contributed by atoms with Crippen LogP contribution in [0.5, 0.6) is 0 Å². The van der Waals surface area contributed by atoms with Crippen molar-refractivity contribution in [3.8, 4) is 0 Å². The third-order valence-corrected chi connectivity index (χ3v) is 9.20. The Hall–Kier alpha value is -2.98. The van der Waals surface area contributed by atoms with E-state index in [-0.39, 0.29) is 30.9 Å². The molecule has 1 aliphatic heterocycles. The first kappa shape index (κ1) is 29.0. The molecule has 10 heteroatoms. The van der Waals surface area contributed by atoms with Crippen molar-refractivity contribution in [2.45, 2.75) is 64.2 Å². The highest BCUT2D eigenvalue weighted by Crippen LogP contribution is 2.53. The number of hydrogen-bond donors (Lipinski definition) is 2. The molecular formula is C29H34F4N4OS. The Kier molecular flexibility index (Phi) is 8.10. The largest absolute Gasteiger partial charge is 0.411 e. The van der Waals surface area contributed by atoms with E-state index in [1.807, 2.05) is 37.8 Å². The molecule has 3 heterocycles. The second-order valence-electron chi connectivity index (χ2n) is 11.0. The molecule has 1 aliphatic rings. The maximum absolute atomic E-state index is 15.1. The van der Waals surface area contributed by atoms with Gasteiger partial charge in [0.2, 0.25) is 0 Å². The van der Waals surface area contributed by atoms with Crippen molar-refractivity contribution in [1.82, 2.24) is 15.2 Å². The van der Waals surface area contributed by atoms with Gasteiger partial charge in [0, 0.05) is 40.0 Å². The van der Waals surface area contributed by atoms with Crippen LogP contribution >= 0.6 is 11.3 Å². The van der Waals surface area contributed by atoms with Crippen molar-refractivity contribution in [2.75, 3.05) is 18.4 Å². The molecule has 1 aromatic carbocycles. The average molecular weight is 563 g/mol. The Morgan fingerprint density at radius 1 is 1.08 bits per heavy atom. The third kappa shape index (κ3) is 5.96. The fraction of sp³-hybridized carbons (Fsp3) is 0.448. The van der Waals surface area contributed by atoms with Crippen LogP contribution in [0.2, 0.25) is 0 Å². The van der Waals surface area contributed by atoms with Crippen LogP contribution in [0.1, 0.15) is 49.7 Å². The Morgan fingerprint density at radius 3 is 2.38 bits per heavy atom. The van der Waals surface area contributed by atoms with Gasteiger partial charge in [-0.25, -0.2) is 4.79 Å². The summed E-state index contributed by atoms with van der Waals surface area (Å²) in [4.78, 5) is 20.1. The Morgan fingerprint density at radius 2 is 1.79 bits per heavy atom. The SMILES string of the molecule is Cc1ccc(C(C)(C)N2CCC(CCc3ccc(F)s3)(C(C)(NC(=O)Nc3ccccc3)C(F)(F)F)C2)cn1. The number of urea groups is 1. The standard InChI is InChI=1S/C29H34F4N4OS/c1-20-10-11-21(18-34-20)26(2,3)37-17-16-28(19-37,15-14-23-12-13-24(30)39-23)27(4,29(31,32)33)36-25(38)35-22-8-6-5-7-9-22/h5-13,18H,14-17,19H2,1-4H3,(H2,35,36,38). The van der Waals surface area contributed by atoms with E-state index in [1.54, 1.807) is 42.6 Å². The number of carbonyl (C=O) groups is 1. The minimum absolute atomic E-state index is 0.0867. The Bertz CT molecular complexity index is 1280. The smallest absolute Gasteiger partial charge is 0.323 e. The highest BCUT2D eigenvalue weighted by molar-refractivity contribution is 7.10. The van der Waals surface area contributed by atoms with Crippen molar-refractivity contribution in [3.63, 3.8) is 0 Å². The lowest BCUT2D eigenvalue weighted by atomic mass is 9.66. The molecule has 0 saturated carbocycles. The number of benzene rings is 1.